The molecular weight excluding hydrogens is 324 g/mol. The Morgan fingerprint density at radius 3 is 2.76 bits per heavy atom. The van der Waals surface area contributed by atoms with Crippen LogP contribution in [-0.2, 0) is 10.2 Å². The highest BCUT2D eigenvalue weighted by Crippen LogP contribution is 2.49. The van der Waals surface area contributed by atoms with Crippen LogP contribution in [0.1, 0.15) is 18.5 Å². The number of fused-ring (bicyclic) bond motifs is 1. The fourth-order valence-corrected chi connectivity index (χ4v) is 2.99. The van der Waals surface area contributed by atoms with Gasteiger partial charge in [-0.1, -0.05) is 5.16 Å². The number of carbonyl (C=O) groups is 1. The molecule has 1 saturated carbocycles. The lowest BCUT2D eigenvalue weighted by Crippen LogP contribution is -2.28. The second kappa shape index (κ2) is 5.14. The zero-order valence-electron chi connectivity index (χ0n) is 13.2. The molecule has 7 heteroatoms. The van der Waals surface area contributed by atoms with E-state index in [1.54, 1.807) is 42.7 Å². The molecule has 0 atom stereocenters. The summed E-state index contributed by atoms with van der Waals surface area (Å²) in [5, 5.41) is 7.02. The Bertz CT molecular complexity index is 940. The standard InChI is InChI=1S/C18H14N2O5/c21-17(19-11-3-4-13-14(8-11)24-10-23-13)18(5-6-18)16-9-15(25-20-16)12-2-1-7-22-12/h1-4,7-9H,5-6,10H2,(H,19,21). The third-order valence-electron chi connectivity index (χ3n) is 4.58. The van der Waals surface area contributed by atoms with Crippen LogP contribution in [0.4, 0.5) is 5.69 Å². The van der Waals surface area contributed by atoms with Crippen LogP contribution in [0.3, 0.4) is 0 Å². The van der Waals surface area contributed by atoms with Gasteiger partial charge in [0.05, 0.1) is 17.4 Å². The average molecular weight is 338 g/mol. The minimum Gasteiger partial charge on any atom is -0.461 e. The quantitative estimate of drug-likeness (QED) is 0.785. The summed E-state index contributed by atoms with van der Waals surface area (Å²) in [7, 11) is 0. The second-order valence-electron chi connectivity index (χ2n) is 6.16. The SMILES string of the molecule is O=C(Nc1ccc2c(c1)OCO2)C1(c2cc(-c3ccco3)on2)CC1. The molecule has 1 fully saturated rings. The van der Waals surface area contributed by atoms with Gasteiger partial charge >= 0.3 is 0 Å². The number of rotatable bonds is 4. The predicted octanol–water partition coefficient (Wildman–Crippen LogP) is 3.33. The molecule has 1 aliphatic heterocycles. The molecule has 1 aromatic carbocycles. The Labute approximate surface area is 142 Å². The molecular formula is C18H14N2O5. The fraction of sp³-hybridized carbons (Fsp3) is 0.222. The maximum Gasteiger partial charge on any atom is 0.236 e. The van der Waals surface area contributed by atoms with E-state index in [-0.39, 0.29) is 12.7 Å². The lowest BCUT2D eigenvalue weighted by molar-refractivity contribution is -0.118. The number of aromatic nitrogens is 1. The summed E-state index contributed by atoms with van der Waals surface area (Å²) in [5.74, 6) is 2.31. The Morgan fingerprint density at radius 1 is 1.08 bits per heavy atom. The van der Waals surface area contributed by atoms with Crippen LogP contribution in [0.15, 0.2) is 51.6 Å². The van der Waals surface area contributed by atoms with Crippen LogP contribution < -0.4 is 14.8 Å². The van der Waals surface area contributed by atoms with E-state index in [9.17, 15) is 4.79 Å². The number of hydrogen-bond acceptors (Lipinski definition) is 6. The monoisotopic (exact) mass is 338 g/mol. The first kappa shape index (κ1) is 14.2. The van der Waals surface area contributed by atoms with Gasteiger partial charge in [-0.2, -0.15) is 0 Å². The number of amides is 1. The van der Waals surface area contributed by atoms with Gasteiger partial charge in [0.1, 0.15) is 0 Å². The van der Waals surface area contributed by atoms with Gasteiger partial charge in [-0.15, -0.1) is 0 Å². The van der Waals surface area contributed by atoms with E-state index >= 15 is 0 Å². The van der Waals surface area contributed by atoms with Crippen LogP contribution >= 0.6 is 0 Å². The van der Waals surface area contributed by atoms with E-state index in [2.05, 4.69) is 10.5 Å². The minimum absolute atomic E-state index is 0.106. The number of ether oxygens (including phenoxy) is 2. The normalized spacial score (nSPS) is 16.6. The van der Waals surface area contributed by atoms with Crippen LogP contribution in [-0.4, -0.2) is 17.9 Å². The van der Waals surface area contributed by atoms with Crippen molar-refractivity contribution >= 4 is 11.6 Å². The summed E-state index contributed by atoms with van der Waals surface area (Å²) in [6.07, 6.45) is 3.03. The number of nitrogens with one attached hydrogen (secondary N) is 1. The van der Waals surface area contributed by atoms with E-state index < -0.39 is 5.41 Å². The summed E-state index contributed by atoms with van der Waals surface area (Å²) in [5.41, 5.74) is 0.637. The van der Waals surface area contributed by atoms with E-state index in [0.717, 1.165) is 12.8 Å². The van der Waals surface area contributed by atoms with Gasteiger partial charge in [-0.25, -0.2) is 0 Å². The third kappa shape index (κ3) is 2.27. The van der Waals surface area contributed by atoms with Crippen molar-refractivity contribution in [2.45, 2.75) is 18.3 Å². The Kier molecular flexibility index (Phi) is 2.91. The second-order valence-corrected chi connectivity index (χ2v) is 6.16. The van der Waals surface area contributed by atoms with E-state index in [1.165, 1.54) is 0 Å². The number of carbonyl (C=O) groups excluding carboxylic acids is 1. The molecule has 1 aliphatic carbocycles. The average Bonchev–Trinajstić information content (AvgIpc) is 3.07. The van der Waals surface area contributed by atoms with Gasteiger partial charge in [0.15, 0.2) is 17.3 Å². The topological polar surface area (TPSA) is 86.7 Å². The maximum absolute atomic E-state index is 12.8. The summed E-state index contributed by atoms with van der Waals surface area (Å²) in [6, 6.07) is 10.7. The molecule has 1 N–H and O–H groups in total. The summed E-state index contributed by atoms with van der Waals surface area (Å²) < 4.78 is 21.3. The van der Waals surface area contributed by atoms with Crippen molar-refractivity contribution in [2.75, 3.05) is 12.1 Å². The lowest BCUT2D eigenvalue weighted by atomic mass is 10.0. The molecule has 3 aromatic rings. The first-order valence-electron chi connectivity index (χ1n) is 7.97. The Morgan fingerprint density at radius 2 is 1.96 bits per heavy atom. The summed E-state index contributed by atoms with van der Waals surface area (Å²) in [4.78, 5) is 12.8. The minimum atomic E-state index is -0.648. The Hall–Kier alpha value is -3.22. The molecule has 3 heterocycles. The van der Waals surface area contributed by atoms with Crippen molar-refractivity contribution in [1.29, 1.82) is 0 Å². The third-order valence-corrected chi connectivity index (χ3v) is 4.58. The first-order chi connectivity index (χ1) is 12.2. The van der Waals surface area contributed by atoms with Crippen molar-refractivity contribution in [3.63, 3.8) is 0 Å². The highest BCUT2D eigenvalue weighted by atomic mass is 16.7. The molecule has 2 aliphatic rings. The fourth-order valence-electron chi connectivity index (χ4n) is 2.99. The predicted molar refractivity (Wildman–Crippen MR) is 86.3 cm³/mol. The van der Waals surface area contributed by atoms with E-state index in [4.69, 9.17) is 18.4 Å². The zero-order chi connectivity index (χ0) is 16.9. The van der Waals surface area contributed by atoms with Gasteiger partial charge in [-0.3, -0.25) is 4.79 Å². The zero-order valence-corrected chi connectivity index (χ0v) is 13.2. The molecule has 7 nitrogen and oxygen atoms in total. The number of anilines is 1. The number of furan rings is 1. The molecule has 126 valence electrons. The Balaban J connectivity index is 1.38. The summed E-state index contributed by atoms with van der Waals surface area (Å²) >= 11 is 0. The smallest absolute Gasteiger partial charge is 0.236 e. The maximum atomic E-state index is 12.8. The van der Waals surface area contributed by atoms with Crippen LogP contribution in [0.2, 0.25) is 0 Å². The van der Waals surface area contributed by atoms with Gasteiger partial charge in [0.2, 0.25) is 18.5 Å². The van der Waals surface area contributed by atoms with Gasteiger partial charge in [0.25, 0.3) is 0 Å². The first-order valence-corrected chi connectivity index (χ1v) is 7.97. The molecule has 5 rings (SSSR count). The van der Waals surface area contributed by atoms with Crippen molar-refractivity contribution in [2.24, 2.45) is 0 Å². The largest absolute Gasteiger partial charge is 0.461 e. The lowest BCUT2D eigenvalue weighted by Gasteiger charge is -2.12. The molecule has 0 radical (unpaired) electrons. The molecule has 0 unspecified atom stereocenters. The molecule has 0 spiro atoms. The van der Waals surface area contributed by atoms with Gasteiger partial charge in [-0.05, 0) is 37.1 Å². The van der Waals surface area contributed by atoms with Gasteiger partial charge < -0.3 is 23.7 Å². The highest BCUT2D eigenvalue weighted by Gasteiger charge is 2.54. The van der Waals surface area contributed by atoms with Crippen molar-refractivity contribution in [3.05, 3.63) is 48.4 Å². The molecule has 1 amide bonds. The number of benzene rings is 1. The highest BCUT2D eigenvalue weighted by molar-refractivity contribution is 6.01. The van der Waals surface area contributed by atoms with Crippen LogP contribution in [0, 0.1) is 0 Å². The van der Waals surface area contributed by atoms with Crippen molar-refractivity contribution in [3.8, 4) is 23.0 Å². The molecule has 25 heavy (non-hydrogen) atoms. The molecule has 0 bridgehead atoms. The number of hydrogen-bond donors (Lipinski definition) is 1. The van der Waals surface area contributed by atoms with Crippen LogP contribution in [0.5, 0.6) is 11.5 Å². The van der Waals surface area contributed by atoms with Crippen molar-refractivity contribution < 1.29 is 23.2 Å². The number of nitrogens with zero attached hydrogens (tertiary/aromatic N) is 1. The van der Waals surface area contributed by atoms with Crippen molar-refractivity contribution in [1.82, 2.24) is 5.16 Å². The molecule has 2 aromatic heterocycles. The van der Waals surface area contributed by atoms with E-state index in [0.29, 0.717) is 34.4 Å². The van der Waals surface area contributed by atoms with Crippen LogP contribution in [0.25, 0.3) is 11.5 Å². The molecule has 0 saturated heterocycles. The summed E-state index contributed by atoms with van der Waals surface area (Å²) in [6.45, 7) is 0.200. The van der Waals surface area contributed by atoms with Gasteiger partial charge in [0, 0.05) is 17.8 Å². The van der Waals surface area contributed by atoms with E-state index in [1.807, 2.05) is 0 Å².